The van der Waals surface area contributed by atoms with Gasteiger partial charge in [-0.25, -0.2) is 0 Å². The van der Waals surface area contributed by atoms with E-state index >= 15 is 0 Å². The first-order chi connectivity index (χ1) is 6.86. The van der Waals surface area contributed by atoms with Gasteiger partial charge in [-0.05, 0) is 26.2 Å². The summed E-state index contributed by atoms with van der Waals surface area (Å²) in [5, 5.41) is 3.41. The van der Waals surface area contributed by atoms with E-state index in [1.807, 2.05) is 0 Å². The van der Waals surface area contributed by atoms with E-state index in [0.717, 1.165) is 31.7 Å². The lowest BCUT2D eigenvalue weighted by Crippen LogP contribution is -2.06. The molecule has 0 aromatic heterocycles. The minimum atomic E-state index is 0.105. The zero-order chi connectivity index (χ0) is 9.80. The molecule has 2 heterocycles. The first-order valence-electron chi connectivity index (χ1n) is 5.85. The van der Waals surface area contributed by atoms with Crippen LogP contribution in [0.3, 0.4) is 0 Å². The summed E-state index contributed by atoms with van der Waals surface area (Å²) in [5.41, 5.74) is 0. The lowest BCUT2D eigenvalue weighted by atomic mass is 10.1. The van der Waals surface area contributed by atoms with E-state index in [-0.39, 0.29) is 6.29 Å². The highest BCUT2D eigenvalue weighted by molar-refractivity contribution is 4.93. The molecule has 0 bridgehead atoms. The molecule has 2 rings (SSSR count). The van der Waals surface area contributed by atoms with Crippen LogP contribution in [0.15, 0.2) is 0 Å². The molecule has 14 heavy (non-hydrogen) atoms. The summed E-state index contributed by atoms with van der Waals surface area (Å²) in [5.74, 6) is 0. The summed E-state index contributed by atoms with van der Waals surface area (Å²) in [6.07, 6.45) is 6.42. The minimum Gasteiger partial charge on any atom is -0.350 e. The van der Waals surface area contributed by atoms with Crippen molar-refractivity contribution >= 4 is 0 Å². The van der Waals surface area contributed by atoms with Gasteiger partial charge in [0.2, 0.25) is 0 Å². The van der Waals surface area contributed by atoms with Gasteiger partial charge in [0.15, 0.2) is 6.29 Å². The number of nitrogens with one attached hydrogen (secondary N) is 1. The van der Waals surface area contributed by atoms with E-state index < -0.39 is 0 Å². The molecule has 0 aromatic rings. The minimum absolute atomic E-state index is 0.105. The maximum atomic E-state index is 5.38. The molecule has 2 fully saturated rings. The van der Waals surface area contributed by atoms with Gasteiger partial charge < -0.3 is 14.8 Å². The lowest BCUT2D eigenvalue weighted by molar-refractivity contribution is -0.0480. The van der Waals surface area contributed by atoms with Crippen LogP contribution in [-0.2, 0) is 9.47 Å². The van der Waals surface area contributed by atoms with E-state index in [4.69, 9.17) is 9.47 Å². The van der Waals surface area contributed by atoms with Crippen molar-refractivity contribution < 1.29 is 9.47 Å². The molecular formula is C11H21NO2. The molecule has 0 saturated carbocycles. The van der Waals surface area contributed by atoms with E-state index in [2.05, 4.69) is 12.2 Å². The summed E-state index contributed by atoms with van der Waals surface area (Å²) in [7, 11) is 0. The van der Waals surface area contributed by atoms with Crippen LogP contribution in [0, 0.1) is 0 Å². The first kappa shape index (κ1) is 10.4. The van der Waals surface area contributed by atoms with Crippen LogP contribution in [-0.4, -0.2) is 31.6 Å². The van der Waals surface area contributed by atoms with Crippen LogP contribution in [0.2, 0.25) is 0 Å². The maximum Gasteiger partial charge on any atom is 0.157 e. The van der Waals surface area contributed by atoms with Crippen molar-refractivity contribution in [2.75, 3.05) is 13.2 Å². The largest absolute Gasteiger partial charge is 0.350 e. The number of rotatable bonds is 6. The molecule has 82 valence electrons. The zero-order valence-electron chi connectivity index (χ0n) is 9.00. The first-order valence-corrected chi connectivity index (χ1v) is 5.85. The van der Waals surface area contributed by atoms with Gasteiger partial charge >= 0.3 is 0 Å². The predicted molar refractivity (Wildman–Crippen MR) is 55.2 cm³/mol. The molecule has 0 radical (unpaired) electrons. The zero-order valence-corrected chi connectivity index (χ0v) is 9.00. The second-order valence-corrected chi connectivity index (χ2v) is 4.37. The Balaban J connectivity index is 1.39. The van der Waals surface area contributed by atoms with Gasteiger partial charge in [-0.1, -0.05) is 12.8 Å². The average Bonchev–Trinajstić information content (AvgIpc) is 2.69. The molecule has 3 heteroatoms. The summed E-state index contributed by atoms with van der Waals surface area (Å²) in [4.78, 5) is 0. The predicted octanol–water partition coefficient (Wildman–Crippen LogP) is 1.67. The standard InChI is InChI=1S/C11H21NO2/c1-9-10(12-9)5-3-2-4-6-11-13-7-8-14-11/h9-12H,2-8H2,1H3. The topological polar surface area (TPSA) is 40.4 Å². The van der Waals surface area contributed by atoms with Crippen molar-refractivity contribution in [3.8, 4) is 0 Å². The molecule has 3 nitrogen and oxygen atoms in total. The molecule has 2 aliphatic heterocycles. The van der Waals surface area contributed by atoms with E-state index in [1.165, 1.54) is 25.7 Å². The van der Waals surface area contributed by atoms with E-state index in [0.29, 0.717) is 0 Å². The number of hydrogen-bond acceptors (Lipinski definition) is 3. The molecule has 0 spiro atoms. The molecule has 1 N–H and O–H groups in total. The molecule has 2 atom stereocenters. The van der Waals surface area contributed by atoms with Crippen molar-refractivity contribution in [2.45, 2.75) is 57.4 Å². The average molecular weight is 199 g/mol. The van der Waals surface area contributed by atoms with Crippen LogP contribution in [0.1, 0.15) is 39.0 Å². The Morgan fingerprint density at radius 2 is 1.71 bits per heavy atom. The Morgan fingerprint density at radius 3 is 2.36 bits per heavy atom. The summed E-state index contributed by atoms with van der Waals surface area (Å²) in [6, 6.07) is 1.59. The van der Waals surface area contributed by atoms with Crippen molar-refractivity contribution in [3.05, 3.63) is 0 Å². The quantitative estimate of drug-likeness (QED) is 0.522. The van der Waals surface area contributed by atoms with Crippen molar-refractivity contribution in [1.82, 2.24) is 5.32 Å². The fourth-order valence-corrected chi connectivity index (χ4v) is 2.04. The second kappa shape index (κ2) is 5.10. The van der Waals surface area contributed by atoms with Crippen molar-refractivity contribution in [2.24, 2.45) is 0 Å². The van der Waals surface area contributed by atoms with E-state index in [9.17, 15) is 0 Å². The Labute approximate surface area is 86.2 Å². The van der Waals surface area contributed by atoms with Crippen molar-refractivity contribution in [1.29, 1.82) is 0 Å². The third-order valence-electron chi connectivity index (χ3n) is 3.12. The van der Waals surface area contributed by atoms with Crippen LogP contribution in [0.5, 0.6) is 0 Å². The van der Waals surface area contributed by atoms with Crippen LogP contribution < -0.4 is 5.32 Å². The van der Waals surface area contributed by atoms with Gasteiger partial charge in [0.05, 0.1) is 13.2 Å². The third-order valence-corrected chi connectivity index (χ3v) is 3.12. The van der Waals surface area contributed by atoms with Gasteiger partial charge in [-0.15, -0.1) is 0 Å². The monoisotopic (exact) mass is 199 g/mol. The highest BCUT2D eigenvalue weighted by Gasteiger charge is 2.29. The maximum absolute atomic E-state index is 5.38. The molecule has 0 amide bonds. The summed E-state index contributed by atoms with van der Waals surface area (Å²) >= 11 is 0. The molecule has 2 unspecified atom stereocenters. The molecule has 2 aliphatic rings. The molecular weight excluding hydrogens is 178 g/mol. The highest BCUT2D eigenvalue weighted by atomic mass is 16.7. The molecule has 0 aliphatic carbocycles. The molecule has 2 saturated heterocycles. The highest BCUT2D eigenvalue weighted by Crippen LogP contribution is 2.18. The third kappa shape index (κ3) is 3.23. The van der Waals surface area contributed by atoms with Gasteiger partial charge in [0.25, 0.3) is 0 Å². The summed E-state index contributed by atoms with van der Waals surface area (Å²) in [6.45, 7) is 3.83. The SMILES string of the molecule is CC1NC1CCCCCC1OCCO1. The van der Waals surface area contributed by atoms with Gasteiger partial charge in [-0.2, -0.15) is 0 Å². The Hall–Kier alpha value is -0.120. The fraction of sp³-hybridized carbons (Fsp3) is 1.00. The fourth-order valence-electron chi connectivity index (χ4n) is 2.04. The Kier molecular flexibility index (Phi) is 3.79. The van der Waals surface area contributed by atoms with Crippen LogP contribution in [0.4, 0.5) is 0 Å². The van der Waals surface area contributed by atoms with Gasteiger partial charge in [0, 0.05) is 12.1 Å². The van der Waals surface area contributed by atoms with Crippen LogP contribution in [0.25, 0.3) is 0 Å². The normalized spacial score (nSPS) is 32.4. The lowest BCUT2D eigenvalue weighted by Gasteiger charge is -2.07. The van der Waals surface area contributed by atoms with Crippen LogP contribution >= 0.6 is 0 Å². The van der Waals surface area contributed by atoms with E-state index in [1.54, 1.807) is 0 Å². The second-order valence-electron chi connectivity index (χ2n) is 4.37. The number of ether oxygens (including phenoxy) is 2. The number of hydrogen-bond donors (Lipinski definition) is 1. The number of unbranched alkanes of at least 4 members (excludes halogenated alkanes) is 2. The Morgan fingerprint density at radius 1 is 1.07 bits per heavy atom. The van der Waals surface area contributed by atoms with Gasteiger partial charge in [-0.3, -0.25) is 0 Å². The van der Waals surface area contributed by atoms with Gasteiger partial charge in [0.1, 0.15) is 0 Å². The van der Waals surface area contributed by atoms with Crippen molar-refractivity contribution in [3.63, 3.8) is 0 Å². The molecule has 0 aromatic carbocycles. The smallest absolute Gasteiger partial charge is 0.157 e. The Bertz CT molecular complexity index is 169. The summed E-state index contributed by atoms with van der Waals surface area (Å²) < 4.78 is 10.8.